The number of halogens is 1. The number of urea groups is 1. The van der Waals surface area contributed by atoms with Crippen LogP contribution in [0.15, 0.2) is 36.5 Å². The zero-order valence-electron chi connectivity index (χ0n) is 13.6. The number of hydrogen-bond acceptors (Lipinski definition) is 1. The van der Waals surface area contributed by atoms with Crippen molar-refractivity contribution in [1.29, 1.82) is 0 Å². The number of aromatic nitrogens is 1. The molecule has 2 amide bonds. The molecular formula is C18H22FN3O. The van der Waals surface area contributed by atoms with Gasteiger partial charge in [0.1, 0.15) is 5.82 Å². The molecule has 3 rings (SSSR count). The molecule has 1 aliphatic heterocycles. The standard InChI is InChI=1S/C18H22FN3O/c1-3-5-17-16-6-4-9-21(16)10-11-22(17)18(23)20-14-8-7-13(2)15(19)12-14/h4,6-9,12,17H,3,5,10-11H2,1-2H3,(H,20,23). The Morgan fingerprint density at radius 1 is 1.35 bits per heavy atom. The molecule has 5 heteroatoms. The molecule has 0 saturated carbocycles. The molecule has 4 nitrogen and oxygen atoms in total. The third kappa shape index (κ3) is 3.09. The maximum Gasteiger partial charge on any atom is 0.322 e. The number of anilines is 1. The number of nitrogens with one attached hydrogen (secondary N) is 1. The summed E-state index contributed by atoms with van der Waals surface area (Å²) >= 11 is 0. The first kappa shape index (κ1) is 15.6. The predicted molar refractivity (Wildman–Crippen MR) is 88.9 cm³/mol. The summed E-state index contributed by atoms with van der Waals surface area (Å²) in [6.07, 6.45) is 3.97. The van der Waals surface area contributed by atoms with Crippen molar-refractivity contribution in [3.05, 3.63) is 53.6 Å². The Kier molecular flexibility index (Phi) is 4.37. The van der Waals surface area contributed by atoms with Gasteiger partial charge in [0, 0.05) is 30.7 Å². The normalized spacial score (nSPS) is 17.0. The van der Waals surface area contributed by atoms with Gasteiger partial charge in [0.05, 0.1) is 6.04 Å². The quantitative estimate of drug-likeness (QED) is 0.899. The van der Waals surface area contributed by atoms with Crippen LogP contribution in [-0.4, -0.2) is 22.0 Å². The fourth-order valence-corrected chi connectivity index (χ4v) is 3.15. The first-order chi connectivity index (χ1) is 11.1. The lowest BCUT2D eigenvalue weighted by Crippen LogP contribution is -2.44. The summed E-state index contributed by atoms with van der Waals surface area (Å²) in [5, 5.41) is 2.83. The number of carbonyl (C=O) groups excluding carboxylic acids is 1. The Balaban J connectivity index is 1.79. The molecule has 122 valence electrons. The van der Waals surface area contributed by atoms with Crippen molar-refractivity contribution in [2.45, 2.75) is 39.3 Å². The average molecular weight is 315 g/mol. The van der Waals surface area contributed by atoms with E-state index in [2.05, 4.69) is 29.1 Å². The molecule has 1 N–H and O–H groups in total. The Hall–Kier alpha value is -2.30. The number of rotatable bonds is 3. The van der Waals surface area contributed by atoms with Crippen molar-refractivity contribution in [2.75, 3.05) is 11.9 Å². The molecule has 1 unspecified atom stereocenters. The van der Waals surface area contributed by atoms with Crippen LogP contribution in [0, 0.1) is 12.7 Å². The molecule has 2 aromatic rings. The van der Waals surface area contributed by atoms with Gasteiger partial charge in [-0.2, -0.15) is 0 Å². The monoisotopic (exact) mass is 315 g/mol. The average Bonchev–Trinajstić information content (AvgIpc) is 3.00. The molecular weight excluding hydrogens is 293 g/mol. The number of aryl methyl sites for hydroxylation is 1. The second-order valence-corrected chi connectivity index (χ2v) is 6.02. The van der Waals surface area contributed by atoms with Crippen LogP contribution in [0.1, 0.15) is 37.1 Å². The maximum absolute atomic E-state index is 13.7. The molecule has 2 heterocycles. The topological polar surface area (TPSA) is 37.3 Å². The van der Waals surface area contributed by atoms with Crippen LogP contribution in [0.25, 0.3) is 0 Å². The first-order valence-corrected chi connectivity index (χ1v) is 8.09. The molecule has 1 aromatic carbocycles. The van der Waals surface area contributed by atoms with E-state index in [4.69, 9.17) is 0 Å². The van der Waals surface area contributed by atoms with Gasteiger partial charge < -0.3 is 14.8 Å². The van der Waals surface area contributed by atoms with E-state index in [0.717, 1.165) is 19.4 Å². The molecule has 23 heavy (non-hydrogen) atoms. The van der Waals surface area contributed by atoms with Crippen LogP contribution in [0.3, 0.4) is 0 Å². The summed E-state index contributed by atoms with van der Waals surface area (Å²) in [4.78, 5) is 14.5. The number of carbonyl (C=O) groups is 1. The summed E-state index contributed by atoms with van der Waals surface area (Å²) in [7, 11) is 0. The molecule has 0 aliphatic carbocycles. The van der Waals surface area contributed by atoms with E-state index in [-0.39, 0.29) is 17.9 Å². The second-order valence-electron chi connectivity index (χ2n) is 6.02. The van der Waals surface area contributed by atoms with Crippen molar-refractivity contribution < 1.29 is 9.18 Å². The molecule has 1 atom stereocenters. The van der Waals surface area contributed by atoms with Gasteiger partial charge in [-0.3, -0.25) is 0 Å². The van der Waals surface area contributed by atoms with Gasteiger partial charge in [-0.15, -0.1) is 0 Å². The highest BCUT2D eigenvalue weighted by Crippen LogP contribution is 2.30. The van der Waals surface area contributed by atoms with E-state index >= 15 is 0 Å². The third-order valence-electron chi connectivity index (χ3n) is 4.41. The highest BCUT2D eigenvalue weighted by atomic mass is 19.1. The highest BCUT2D eigenvalue weighted by molar-refractivity contribution is 5.89. The number of nitrogens with zero attached hydrogens (tertiary/aromatic N) is 2. The third-order valence-corrected chi connectivity index (χ3v) is 4.41. The van der Waals surface area contributed by atoms with Crippen molar-refractivity contribution in [2.24, 2.45) is 0 Å². The maximum atomic E-state index is 13.7. The van der Waals surface area contributed by atoms with E-state index in [0.29, 0.717) is 17.8 Å². The Morgan fingerprint density at radius 2 is 2.17 bits per heavy atom. The van der Waals surface area contributed by atoms with Crippen molar-refractivity contribution >= 4 is 11.7 Å². The lowest BCUT2D eigenvalue weighted by Gasteiger charge is -2.37. The van der Waals surface area contributed by atoms with Gasteiger partial charge in [-0.05, 0) is 43.2 Å². The minimum absolute atomic E-state index is 0.0686. The lowest BCUT2D eigenvalue weighted by atomic mass is 10.0. The van der Waals surface area contributed by atoms with E-state index in [1.54, 1.807) is 19.1 Å². The fourth-order valence-electron chi connectivity index (χ4n) is 3.15. The lowest BCUT2D eigenvalue weighted by molar-refractivity contribution is 0.163. The van der Waals surface area contributed by atoms with Crippen LogP contribution < -0.4 is 5.32 Å². The fraction of sp³-hybridized carbons (Fsp3) is 0.389. The van der Waals surface area contributed by atoms with Gasteiger partial charge in [0.2, 0.25) is 0 Å². The summed E-state index contributed by atoms with van der Waals surface area (Å²) in [6.45, 7) is 5.27. The first-order valence-electron chi connectivity index (χ1n) is 8.09. The molecule has 1 aromatic heterocycles. The minimum atomic E-state index is -0.305. The zero-order chi connectivity index (χ0) is 16.4. The van der Waals surface area contributed by atoms with Gasteiger partial charge in [0.15, 0.2) is 0 Å². The number of benzene rings is 1. The Labute approximate surface area is 135 Å². The molecule has 0 saturated heterocycles. The van der Waals surface area contributed by atoms with Gasteiger partial charge in [0.25, 0.3) is 0 Å². The molecule has 0 spiro atoms. The highest BCUT2D eigenvalue weighted by Gasteiger charge is 2.30. The van der Waals surface area contributed by atoms with Crippen LogP contribution in [0.4, 0.5) is 14.9 Å². The smallest absolute Gasteiger partial charge is 0.322 e. The van der Waals surface area contributed by atoms with Gasteiger partial charge >= 0.3 is 6.03 Å². The summed E-state index contributed by atoms with van der Waals surface area (Å²) in [6, 6.07) is 8.78. The van der Waals surface area contributed by atoms with Gasteiger partial charge in [-0.1, -0.05) is 19.4 Å². The van der Waals surface area contributed by atoms with Crippen LogP contribution in [-0.2, 0) is 6.54 Å². The summed E-state index contributed by atoms with van der Waals surface area (Å²) < 4.78 is 15.9. The number of hydrogen-bond donors (Lipinski definition) is 1. The number of amides is 2. The predicted octanol–water partition coefficient (Wildman–Crippen LogP) is 4.32. The number of fused-ring (bicyclic) bond motifs is 1. The van der Waals surface area contributed by atoms with E-state index in [1.807, 2.05) is 11.0 Å². The summed E-state index contributed by atoms with van der Waals surface area (Å²) in [5.74, 6) is -0.305. The van der Waals surface area contributed by atoms with Crippen LogP contribution >= 0.6 is 0 Å². The van der Waals surface area contributed by atoms with Crippen LogP contribution in [0.2, 0.25) is 0 Å². The van der Waals surface area contributed by atoms with E-state index < -0.39 is 0 Å². The van der Waals surface area contributed by atoms with Crippen LogP contribution in [0.5, 0.6) is 0 Å². The minimum Gasteiger partial charge on any atom is -0.348 e. The SMILES string of the molecule is CCCC1c2cccn2CCN1C(=O)Nc1ccc(C)c(F)c1. The Bertz CT molecular complexity index is 710. The van der Waals surface area contributed by atoms with Crippen molar-refractivity contribution in [3.63, 3.8) is 0 Å². The Morgan fingerprint density at radius 3 is 2.91 bits per heavy atom. The molecule has 0 fully saturated rings. The zero-order valence-corrected chi connectivity index (χ0v) is 13.6. The molecule has 0 bridgehead atoms. The van der Waals surface area contributed by atoms with E-state index in [9.17, 15) is 9.18 Å². The summed E-state index contributed by atoms with van der Waals surface area (Å²) in [5.41, 5.74) is 2.24. The van der Waals surface area contributed by atoms with Crippen molar-refractivity contribution in [3.8, 4) is 0 Å². The molecule has 1 aliphatic rings. The van der Waals surface area contributed by atoms with Crippen molar-refractivity contribution in [1.82, 2.24) is 9.47 Å². The molecule has 0 radical (unpaired) electrons. The largest absolute Gasteiger partial charge is 0.348 e. The second kappa shape index (κ2) is 6.44. The van der Waals surface area contributed by atoms with Gasteiger partial charge in [-0.25, -0.2) is 9.18 Å². The van der Waals surface area contributed by atoms with E-state index in [1.165, 1.54) is 11.8 Å².